The molecule has 2 aliphatic rings. The van der Waals surface area contributed by atoms with E-state index in [4.69, 9.17) is 0 Å². The zero-order chi connectivity index (χ0) is 15.7. The topological polar surface area (TPSA) is 61.0 Å². The number of nitrogens with zero attached hydrogens (tertiary/aromatic N) is 2. The maximum Gasteiger partial charge on any atom is 0.231 e. The molecule has 3 heterocycles. The summed E-state index contributed by atoms with van der Waals surface area (Å²) < 4.78 is 0. The van der Waals surface area contributed by atoms with E-state index in [2.05, 4.69) is 32.5 Å². The monoisotopic (exact) mass is 310 g/mol. The van der Waals surface area contributed by atoms with Crippen molar-refractivity contribution in [2.24, 2.45) is 5.41 Å². The van der Waals surface area contributed by atoms with Gasteiger partial charge in [-0.05, 0) is 24.5 Å². The van der Waals surface area contributed by atoms with Crippen LogP contribution >= 0.6 is 0 Å². The van der Waals surface area contributed by atoms with Crippen molar-refractivity contribution in [2.75, 3.05) is 26.2 Å². The molecule has 4 rings (SSSR count). The number of amides is 1. The molecule has 1 atom stereocenters. The van der Waals surface area contributed by atoms with Gasteiger partial charge in [0.05, 0.1) is 5.41 Å². The Kier molecular flexibility index (Phi) is 3.65. The van der Waals surface area contributed by atoms with Crippen LogP contribution in [0, 0.1) is 5.41 Å². The largest absolute Gasteiger partial charge is 0.341 e. The predicted molar refractivity (Wildman–Crippen MR) is 88.0 cm³/mol. The van der Waals surface area contributed by atoms with Gasteiger partial charge in [-0.3, -0.25) is 9.89 Å². The van der Waals surface area contributed by atoms with E-state index in [-0.39, 0.29) is 5.41 Å². The van der Waals surface area contributed by atoms with Gasteiger partial charge in [-0.2, -0.15) is 5.10 Å². The van der Waals surface area contributed by atoms with Crippen LogP contribution in [0.3, 0.4) is 0 Å². The highest BCUT2D eigenvalue weighted by atomic mass is 16.2. The van der Waals surface area contributed by atoms with Gasteiger partial charge >= 0.3 is 0 Å². The van der Waals surface area contributed by atoms with E-state index in [9.17, 15) is 4.79 Å². The molecule has 0 radical (unpaired) electrons. The summed E-state index contributed by atoms with van der Waals surface area (Å²) in [5.74, 6) is 0.699. The Morgan fingerprint density at radius 3 is 2.74 bits per heavy atom. The van der Waals surface area contributed by atoms with Crippen molar-refractivity contribution in [3.63, 3.8) is 0 Å². The van der Waals surface area contributed by atoms with Gasteiger partial charge in [0.25, 0.3) is 0 Å². The lowest BCUT2D eigenvalue weighted by Gasteiger charge is -2.43. The van der Waals surface area contributed by atoms with Crippen molar-refractivity contribution >= 4 is 5.91 Å². The van der Waals surface area contributed by atoms with E-state index >= 15 is 0 Å². The first-order chi connectivity index (χ1) is 11.3. The minimum absolute atomic E-state index is 0.260. The fraction of sp³-hybridized carbons (Fsp3) is 0.444. The Morgan fingerprint density at radius 1 is 1.26 bits per heavy atom. The smallest absolute Gasteiger partial charge is 0.231 e. The molecule has 2 fully saturated rings. The van der Waals surface area contributed by atoms with Gasteiger partial charge in [0.1, 0.15) is 0 Å². The van der Waals surface area contributed by atoms with E-state index in [1.54, 1.807) is 6.20 Å². The molecular weight excluding hydrogens is 288 g/mol. The van der Waals surface area contributed by atoms with E-state index in [1.807, 2.05) is 24.3 Å². The first kappa shape index (κ1) is 14.5. The number of rotatable bonds is 4. The molecular formula is C18H22N4O. The third kappa shape index (κ3) is 2.65. The maximum atomic E-state index is 13.1. The van der Waals surface area contributed by atoms with Crippen molar-refractivity contribution in [1.29, 1.82) is 0 Å². The second kappa shape index (κ2) is 5.81. The number of hydrogen-bond acceptors (Lipinski definition) is 3. The summed E-state index contributed by atoms with van der Waals surface area (Å²) in [6, 6.07) is 12.4. The van der Waals surface area contributed by atoms with Gasteiger partial charge in [0, 0.05) is 44.0 Å². The molecule has 5 heteroatoms. The molecule has 0 saturated carbocycles. The number of aromatic amines is 1. The summed E-state index contributed by atoms with van der Waals surface area (Å²) in [6.07, 6.45) is 3.63. The van der Waals surface area contributed by atoms with Crippen LogP contribution in [0.2, 0.25) is 0 Å². The number of carbonyl (C=O) groups excluding carboxylic acids is 1. The highest BCUT2D eigenvalue weighted by Gasteiger charge is 2.47. The average molecular weight is 310 g/mol. The first-order valence-corrected chi connectivity index (χ1v) is 8.30. The average Bonchev–Trinajstić information content (AvgIpc) is 3.21. The summed E-state index contributed by atoms with van der Waals surface area (Å²) in [4.78, 5) is 15.2. The fourth-order valence-corrected chi connectivity index (χ4v) is 3.79. The van der Waals surface area contributed by atoms with E-state index in [1.165, 1.54) is 5.56 Å². The number of carbonyl (C=O) groups is 1. The first-order valence-electron chi connectivity index (χ1n) is 8.30. The number of benzene rings is 1. The van der Waals surface area contributed by atoms with Gasteiger partial charge in [-0.25, -0.2) is 0 Å². The second-order valence-corrected chi connectivity index (χ2v) is 6.80. The molecule has 5 nitrogen and oxygen atoms in total. The number of H-pyrrole nitrogens is 1. The van der Waals surface area contributed by atoms with E-state index < -0.39 is 0 Å². The van der Waals surface area contributed by atoms with Crippen LogP contribution in [0.15, 0.2) is 42.6 Å². The maximum absolute atomic E-state index is 13.1. The van der Waals surface area contributed by atoms with Gasteiger partial charge in [0.2, 0.25) is 5.91 Å². The number of hydrogen-bond donors (Lipinski definition) is 2. The molecule has 0 aliphatic carbocycles. The molecule has 0 bridgehead atoms. The molecule has 1 aromatic carbocycles. The Bertz CT molecular complexity index is 664. The van der Waals surface area contributed by atoms with Crippen LogP contribution in [-0.4, -0.2) is 47.2 Å². The number of likely N-dealkylation sites (tertiary alicyclic amines) is 1. The highest BCUT2D eigenvalue weighted by Crippen LogP contribution is 2.34. The Morgan fingerprint density at radius 2 is 2.09 bits per heavy atom. The second-order valence-electron chi connectivity index (χ2n) is 6.80. The highest BCUT2D eigenvalue weighted by molar-refractivity contribution is 5.85. The van der Waals surface area contributed by atoms with Gasteiger partial charge in [-0.1, -0.05) is 30.3 Å². The lowest BCUT2D eigenvalue weighted by atomic mass is 9.75. The van der Waals surface area contributed by atoms with Crippen LogP contribution in [0.5, 0.6) is 0 Å². The lowest BCUT2D eigenvalue weighted by molar-refractivity contribution is -0.144. The zero-order valence-electron chi connectivity index (χ0n) is 13.2. The quantitative estimate of drug-likeness (QED) is 0.901. The minimum Gasteiger partial charge on any atom is -0.341 e. The van der Waals surface area contributed by atoms with Gasteiger partial charge in [0.15, 0.2) is 0 Å². The third-order valence-corrected chi connectivity index (χ3v) is 5.20. The van der Waals surface area contributed by atoms with Crippen molar-refractivity contribution in [3.05, 3.63) is 53.9 Å². The number of aromatic nitrogens is 2. The normalized spacial score (nSPS) is 22.8. The molecule has 23 heavy (non-hydrogen) atoms. The molecule has 2 saturated heterocycles. The molecule has 2 aromatic rings. The lowest BCUT2D eigenvalue weighted by Crippen LogP contribution is -2.62. The van der Waals surface area contributed by atoms with Crippen molar-refractivity contribution in [1.82, 2.24) is 20.4 Å². The summed E-state index contributed by atoms with van der Waals surface area (Å²) in [6.45, 7) is 3.22. The molecule has 1 amide bonds. The van der Waals surface area contributed by atoms with E-state index in [0.29, 0.717) is 11.8 Å². The van der Waals surface area contributed by atoms with Crippen molar-refractivity contribution in [3.8, 4) is 0 Å². The molecule has 2 aliphatic heterocycles. The Labute approximate surface area is 136 Å². The van der Waals surface area contributed by atoms with Crippen molar-refractivity contribution in [2.45, 2.75) is 18.8 Å². The molecule has 0 spiro atoms. The molecule has 1 aromatic heterocycles. The standard InChI is InChI=1S/C18H22N4O/c23-17(22-9-7-15(11-22)16-6-8-20-21-16)18(12-19-13-18)10-14-4-2-1-3-5-14/h1-6,8,15,19H,7,9-13H2,(H,20,21). The molecule has 1 unspecified atom stereocenters. The van der Waals surface area contributed by atoms with Crippen LogP contribution in [0.25, 0.3) is 0 Å². The van der Waals surface area contributed by atoms with Gasteiger partial charge < -0.3 is 10.2 Å². The van der Waals surface area contributed by atoms with Crippen LogP contribution in [-0.2, 0) is 11.2 Å². The molecule has 2 N–H and O–H groups in total. The minimum atomic E-state index is -0.260. The summed E-state index contributed by atoms with van der Waals surface area (Å²) in [5.41, 5.74) is 2.13. The van der Waals surface area contributed by atoms with Gasteiger partial charge in [-0.15, -0.1) is 0 Å². The van der Waals surface area contributed by atoms with E-state index in [0.717, 1.165) is 44.7 Å². The van der Waals surface area contributed by atoms with Crippen LogP contribution in [0.1, 0.15) is 23.6 Å². The van der Waals surface area contributed by atoms with Crippen molar-refractivity contribution < 1.29 is 4.79 Å². The summed E-state index contributed by atoms with van der Waals surface area (Å²) in [7, 11) is 0. The van der Waals surface area contributed by atoms with Crippen LogP contribution < -0.4 is 5.32 Å². The third-order valence-electron chi connectivity index (χ3n) is 5.20. The molecule has 120 valence electrons. The summed E-state index contributed by atoms with van der Waals surface area (Å²) in [5, 5.41) is 10.4. The Hall–Kier alpha value is -2.14. The predicted octanol–water partition coefficient (Wildman–Crippen LogP) is 1.56. The fourth-order valence-electron chi connectivity index (χ4n) is 3.79. The Balaban J connectivity index is 1.47. The number of nitrogens with one attached hydrogen (secondary N) is 2. The zero-order valence-corrected chi connectivity index (χ0v) is 13.2. The van der Waals surface area contributed by atoms with Crippen LogP contribution in [0.4, 0.5) is 0 Å². The summed E-state index contributed by atoms with van der Waals surface area (Å²) >= 11 is 0. The SMILES string of the molecule is O=C(N1CCC(c2ccn[nH]2)C1)C1(Cc2ccccc2)CNC1.